The van der Waals surface area contributed by atoms with Crippen LogP contribution in [0.1, 0.15) is 16.8 Å². The molecule has 0 saturated carbocycles. The minimum Gasteiger partial charge on any atom is -0.361 e. The largest absolute Gasteiger partial charge is 0.361 e. The zero-order chi connectivity index (χ0) is 12.5. The summed E-state index contributed by atoms with van der Waals surface area (Å²) in [5, 5.41) is 1.08. The van der Waals surface area contributed by atoms with E-state index < -0.39 is 0 Å². The maximum Gasteiger partial charge on any atom is 0.255 e. The Kier molecular flexibility index (Phi) is 2.80. The number of nitrogens with two attached hydrogens (primary N) is 1. The second kappa shape index (κ2) is 4.46. The fraction of sp³-hybridized carbons (Fsp3) is 0.357. The number of nitrogens with zero attached hydrogens (tertiary/aromatic N) is 1. The highest BCUT2D eigenvalue weighted by atomic mass is 16.2. The van der Waals surface area contributed by atoms with Gasteiger partial charge in [0.05, 0.1) is 11.1 Å². The van der Waals surface area contributed by atoms with E-state index in [0.717, 1.165) is 36.0 Å². The number of aromatic amines is 1. The van der Waals surface area contributed by atoms with Crippen LogP contribution in [0.2, 0.25) is 0 Å². The molecule has 1 fully saturated rings. The summed E-state index contributed by atoms with van der Waals surface area (Å²) in [6.45, 7) is 2.26. The maximum atomic E-state index is 12.5. The van der Waals surface area contributed by atoms with Gasteiger partial charge in [-0.3, -0.25) is 4.79 Å². The lowest BCUT2D eigenvalue weighted by Crippen LogP contribution is -2.30. The number of para-hydroxylation sites is 1. The van der Waals surface area contributed by atoms with Crippen LogP contribution in [-0.4, -0.2) is 35.4 Å². The van der Waals surface area contributed by atoms with Crippen molar-refractivity contribution in [3.05, 3.63) is 36.0 Å². The molecule has 1 aliphatic heterocycles. The molecule has 3 rings (SSSR count). The standard InChI is InChI=1S/C14H17N3O/c15-8-10-5-7-17(9-10)14(18)12-3-1-2-11-4-6-16-13(11)12/h1-4,6,10,16H,5,7-9,15H2. The Bertz CT molecular complexity index is 575. The fourth-order valence-corrected chi connectivity index (χ4v) is 2.64. The highest BCUT2D eigenvalue weighted by molar-refractivity contribution is 6.05. The number of hydrogen-bond donors (Lipinski definition) is 2. The van der Waals surface area contributed by atoms with E-state index in [4.69, 9.17) is 5.73 Å². The van der Waals surface area contributed by atoms with Crippen molar-refractivity contribution in [3.8, 4) is 0 Å². The van der Waals surface area contributed by atoms with Crippen LogP contribution in [0.15, 0.2) is 30.5 Å². The molecule has 1 unspecified atom stereocenters. The summed E-state index contributed by atoms with van der Waals surface area (Å²) in [5.41, 5.74) is 7.35. The summed E-state index contributed by atoms with van der Waals surface area (Å²) in [6.07, 6.45) is 2.89. The lowest BCUT2D eigenvalue weighted by molar-refractivity contribution is 0.0789. The van der Waals surface area contributed by atoms with E-state index in [1.54, 1.807) is 0 Å². The summed E-state index contributed by atoms with van der Waals surface area (Å²) in [4.78, 5) is 17.5. The van der Waals surface area contributed by atoms with E-state index in [2.05, 4.69) is 4.98 Å². The van der Waals surface area contributed by atoms with Crippen LogP contribution in [0.25, 0.3) is 10.9 Å². The van der Waals surface area contributed by atoms with E-state index in [1.807, 2.05) is 35.4 Å². The topological polar surface area (TPSA) is 62.1 Å². The van der Waals surface area contributed by atoms with Gasteiger partial charge in [0, 0.05) is 24.7 Å². The summed E-state index contributed by atoms with van der Waals surface area (Å²) in [5.74, 6) is 0.566. The first-order valence-corrected chi connectivity index (χ1v) is 6.35. The molecule has 2 heterocycles. The molecule has 18 heavy (non-hydrogen) atoms. The number of hydrogen-bond acceptors (Lipinski definition) is 2. The zero-order valence-corrected chi connectivity index (χ0v) is 10.2. The molecule has 4 heteroatoms. The minimum absolute atomic E-state index is 0.110. The molecule has 1 aromatic heterocycles. The smallest absolute Gasteiger partial charge is 0.255 e. The van der Waals surface area contributed by atoms with Crippen LogP contribution in [0, 0.1) is 5.92 Å². The Morgan fingerprint density at radius 1 is 1.44 bits per heavy atom. The molecule has 0 spiro atoms. The molecule has 4 nitrogen and oxygen atoms in total. The van der Waals surface area contributed by atoms with Crippen molar-refractivity contribution < 1.29 is 4.79 Å². The van der Waals surface area contributed by atoms with Gasteiger partial charge in [-0.25, -0.2) is 0 Å². The second-order valence-electron chi connectivity index (χ2n) is 4.89. The Balaban J connectivity index is 1.90. The van der Waals surface area contributed by atoms with Crippen molar-refractivity contribution in [2.24, 2.45) is 11.7 Å². The number of H-pyrrole nitrogens is 1. The van der Waals surface area contributed by atoms with Crippen LogP contribution in [0.4, 0.5) is 0 Å². The zero-order valence-electron chi connectivity index (χ0n) is 10.2. The first kappa shape index (κ1) is 11.3. The van der Waals surface area contributed by atoms with Gasteiger partial charge in [-0.05, 0) is 31.0 Å². The van der Waals surface area contributed by atoms with Crippen LogP contribution in [0.5, 0.6) is 0 Å². The van der Waals surface area contributed by atoms with Gasteiger partial charge < -0.3 is 15.6 Å². The Labute approximate surface area is 106 Å². The average Bonchev–Trinajstić information content (AvgIpc) is 3.05. The van der Waals surface area contributed by atoms with E-state index in [0.29, 0.717) is 12.5 Å². The number of carbonyl (C=O) groups is 1. The van der Waals surface area contributed by atoms with Gasteiger partial charge in [0.25, 0.3) is 5.91 Å². The molecule has 1 amide bonds. The molecule has 3 N–H and O–H groups in total. The molecule has 1 saturated heterocycles. The van der Waals surface area contributed by atoms with Crippen molar-refractivity contribution in [3.63, 3.8) is 0 Å². The summed E-state index contributed by atoms with van der Waals surface area (Å²) < 4.78 is 0. The highest BCUT2D eigenvalue weighted by Crippen LogP contribution is 2.22. The van der Waals surface area contributed by atoms with Crippen molar-refractivity contribution in [1.29, 1.82) is 0 Å². The van der Waals surface area contributed by atoms with Crippen molar-refractivity contribution in [1.82, 2.24) is 9.88 Å². The van der Waals surface area contributed by atoms with Gasteiger partial charge in [0.1, 0.15) is 0 Å². The van der Waals surface area contributed by atoms with Crippen LogP contribution in [-0.2, 0) is 0 Å². The molecule has 0 bridgehead atoms. The molecule has 0 radical (unpaired) electrons. The monoisotopic (exact) mass is 243 g/mol. The van der Waals surface area contributed by atoms with Gasteiger partial charge in [0.2, 0.25) is 0 Å². The number of nitrogens with one attached hydrogen (secondary N) is 1. The minimum atomic E-state index is 0.110. The van der Waals surface area contributed by atoms with Crippen LogP contribution >= 0.6 is 0 Å². The Hall–Kier alpha value is -1.81. The molecule has 1 aromatic carbocycles. The van der Waals surface area contributed by atoms with Crippen molar-refractivity contribution in [2.75, 3.05) is 19.6 Å². The normalized spacial score (nSPS) is 19.6. The molecule has 1 atom stereocenters. The predicted octanol–water partition coefficient (Wildman–Crippen LogP) is 1.59. The van der Waals surface area contributed by atoms with Gasteiger partial charge in [-0.15, -0.1) is 0 Å². The first-order valence-electron chi connectivity index (χ1n) is 6.35. The molecule has 94 valence electrons. The van der Waals surface area contributed by atoms with Crippen LogP contribution < -0.4 is 5.73 Å². The summed E-state index contributed by atoms with van der Waals surface area (Å²) >= 11 is 0. The molecular formula is C14H17N3O. The number of carbonyl (C=O) groups excluding carboxylic acids is 1. The second-order valence-corrected chi connectivity index (χ2v) is 4.89. The highest BCUT2D eigenvalue weighted by Gasteiger charge is 2.26. The van der Waals surface area contributed by atoms with Crippen LogP contribution in [0.3, 0.4) is 0 Å². The van der Waals surface area contributed by atoms with Gasteiger partial charge in [-0.2, -0.15) is 0 Å². The van der Waals surface area contributed by atoms with Gasteiger partial charge in [0.15, 0.2) is 0 Å². The summed E-state index contributed by atoms with van der Waals surface area (Å²) in [6, 6.07) is 7.81. The third-order valence-corrected chi connectivity index (χ3v) is 3.72. The molecule has 2 aromatic rings. The van der Waals surface area contributed by atoms with Gasteiger partial charge >= 0.3 is 0 Å². The van der Waals surface area contributed by atoms with E-state index in [-0.39, 0.29) is 5.91 Å². The summed E-state index contributed by atoms with van der Waals surface area (Å²) in [7, 11) is 0. The van der Waals surface area contributed by atoms with E-state index >= 15 is 0 Å². The number of likely N-dealkylation sites (tertiary alicyclic amines) is 1. The molecule has 1 aliphatic rings. The third-order valence-electron chi connectivity index (χ3n) is 3.72. The number of rotatable bonds is 2. The van der Waals surface area contributed by atoms with E-state index in [9.17, 15) is 4.79 Å². The maximum absolute atomic E-state index is 12.5. The van der Waals surface area contributed by atoms with Crippen molar-refractivity contribution >= 4 is 16.8 Å². The number of benzene rings is 1. The first-order chi connectivity index (χ1) is 8.79. The number of amides is 1. The van der Waals surface area contributed by atoms with Crippen molar-refractivity contribution in [2.45, 2.75) is 6.42 Å². The Morgan fingerprint density at radius 3 is 3.11 bits per heavy atom. The quantitative estimate of drug-likeness (QED) is 0.841. The molecule has 0 aliphatic carbocycles. The third kappa shape index (κ3) is 1.78. The lowest BCUT2D eigenvalue weighted by atomic mass is 10.1. The Morgan fingerprint density at radius 2 is 2.33 bits per heavy atom. The number of aromatic nitrogens is 1. The molecular weight excluding hydrogens is 226 g/mol. The van der Waals surface area contributed by atoms with E-state index in [1.165, 1.54) is 0 Å². The number of fused-ring (bicyclic) bond motifs is 1. The lowest BCUT2D eigenvalue weighted by Gasteiger charge is -2.16. The SMILES string of the molecule is NCC1CCN(C(=O)c2cccc3cc[nH]c23)C1. The predicted molar refractivity (Wildman–Crippen MR) is 71.4 cm³/mol. The average molecular weight is 243 g/mol. The van der Waals surface area contributed by atoms with Gasteiger partial charge in [-0.1, -0.05) is 12.1 Å². The fourth-order valence-electron chi connectivity index (χ4n) is 2.64.